The molecule has 2 rings (SSSR count). The van der Waals surface area contributed by atoms with E-state index in [4.69, 9.17) is 10.5 Å². The highest BCUT2D eigenvalue weighted by atomic mass is 79.9. The van der Waals surface area contributed by atoms with E-state index in [1.165, 1.54) is 4.31 Å². The third kappa shape index (κ3) is 3.17. The van der Waals surface area contributed by atoms with Crippen LogP contribution in [-0.2, 0) is 14.8 Å². The SMILES string of the molecule is Cc1ccc(S(=O)(=O)N2CCOC(CN)C2)c(Br)c1. The molecule has 2 N–H and O–H groups in total. The van der Waals surface area contributed by atoms with Gasteiger partial charge in [0.05, 0.1) is 17.6 Å². The molecule has 106 valence electrons. The van der Waals surface area contributed by atoms with Crippen LogP contribution in [0.3, 0.4) is 0 Å². The zero-order chi connectivity index (χ0) is 14.0. The van der Waals surface area contributed by atoms with Crippen molar-refractivity contribution in [3.63, 3.8) is 0 Å². The van der Waals surface area contributed by atoms with Gasteiger partial charge in [-0.2, -0.15) is 4.31 Å². The minimum Gasteiger partial charge on any atom is -0.374 e. The number of hydrogen-bond donors (Lipinski definition) is 1. The lowest BCUT2D eigenvalue weighted by Crippen LogP contribution is -2.48. The summed E-state index contributed by atoms with van der Waals surface area (Å²) in [6.45, 7) is 3.28. The van der Waals surface area contributed by atoms with Crippen molar-refractivity contribution < 1.29 is 13.2 Å². The number of rotatable bonds is 3. The number of benzene rings is 1. The lowest BCUT2D eigenvalue weighted by molar-refractivity contribution is 0.00449. The summed E-state index contributed by atoms with van der Waals surface area (Å²) in [6, 6.07) is 5.22. The molecule has 0 saturated carbocycles. The maximum atomic E-state index is 12.6. The fraction of sp³-hybridized carbons (Fsp3) is 0.500. The molecule has 0 aliphatic carbocycles. The third-order valence-corrected chi connectivity index (χ3v) is 5.91. The molecule has 19 heavy (non-hydrogen) atoms. The Kier molecular flexibility index (Phi) is 4.62. The molecule has 1 fully saturated rings. The van der Waals surface area contributed by atoms with Gasteiger partial charge in [-0.25, -0.2) is 8.42 Å². The van der Waals surface area contributed by atoms with E-state index in [-0.39, 0.29) is 11.0 Å². The van der Waals surface area contributed by atoms with Crippen LogP contribution in [0.1, 0.15) is 5.56 Å². The predicted octanol–water partition coefficient (Wildman–Crippen LogP) is 1.11. The summed E-state index contributed by atoms with van der Waals surface area (Å²) in [6.07, 6.45) is -0.229. The van der Waals surface area contributed by atoms with Crippen molar-refractivity contribution >= 4 is 26.0 Å². The lowest BCUT2D eigenvalue weighted by atomic mass is 10.2. The summed E-state index contributed by atoms with van der Waals surface area (Å²) in [5.41, 5.74) is 6.55. The highest BCUT2D eigenvalue weighted by Crippen LogP contribution is 2.27. The van der Waals surface area contributed by atoms with E-state index in [0.29, 0.717) is 30.7 Å². The predicted molar refractivity (Wildman–Crippen MR) is 76.4 cm³/mol. The zero-order valence-electron chi connectivity index (χ0n) is 10.7. The summed E-state index contributed by atoms with van der Waals surface area (Å²) in [4.78, 5) is 0.288. The van der Waals surface area contributed by atoms with Gasteiger partial charge in [0.25, 0.3) is 0 Å². The van der Waals surface area contributed by atoms with Gasteiger partial charge in [-0.1, -0.05) is 6.07 Å². The Bertz CT molecular complexity index is 562. The summed E-state index contributed by atoms with van der Waals surface area (Å²) in [5.74, 6) is 0. The van der Waals surface area contributed by atoms with Gasteiger partial charge in [-0.05, 0) is 40.5 Å². The van der Waals surface area contributed by atoms with Gasteiger partial charge >= 0.3 is 0 Å². The van der Waals surface area contributed by atoms with Crippen molar-refractivity contribution in [1.29, 1.82) is 0 Å². The average Bonchev–Trinajstić information content (AvgIpc) is 2.38. The number of nitrogens with two attached hydrogens (primary N) is 1. The number of ether oxygens (including phenoxy) is 1. The van der Waals surface area contributed by atoms with Crippen molar-refractivity contribution in [1.82, 2.24) is 4.31 Å². The van der Waals surface area contributed by atoms with E-state index in [0.717, 1.165) is 5.56 Å². The van der Waals surface area contributed by atoms with Crippen molar-refractivity contribution in [2.45, 2.75) is 17.9 Å². The first-order valence-electron chi connectivity index (χ1n) is 6.03. The van der Waals surface area contributed by atoms with Gasteiger partial charge in [0.1, 0.15) is 0 Å². The van der Waals surface area contributed by atoms with E-state index in [1.807, 2.05) is 6.92 Å². The first-order chi connectivity index (χ1) is 8.95. The smallest absolute Gasteiger partial charge is 0.244 e. The molecule has 0 aromatic heterocycles. The van der Waals surface area contributed by atoms with Gasteiger partial charge in [0.15, 0.2) is 0 Å². The van der Waals surface area contributed by atoms with E-state index in [2.05, 4.69) is 15.9 Å². The van der Waals surface area contributed by atoms with E-state index in [9.17, 15) is 8.42 Å². The number of morpholine rings is 1. The Morgan fingerprint density at radius 3 is 2.89 bits per heavy atom. The largest absolute Gasteiger partial charge is 0.374 e. The van der Waals surface area contributed by atoms with Crippen LogP contribution >= 0.6 is 15.9 Å². The molecule has 1 aromatic carbocycles. The second-order valence-corrected chi connectivity index (χ2v) is 7.29. The number of hydrogen-bond acceptors (Lipinski definition) is 4. The Morgan fingerprint density at radius 1 is 1.53 bits per heavy atom. The van der Waals surface area contributed by atoms with Crippen LogP contribution in [0.15, 0.2) is 27.6 Å². The van der Waals surface area contributed by atoms with Crippen LogP contribution in [-0.4, -0.2) is 45.1 Å². The minimum atomic E-state index is -3.50. The molecular formula is C12H17BrN2O3S. The van der Waals surface area contributed by atoms with Crippen LogP contribution in [0.4, 0.5) is 0 Å². The summed E-state index contributed by atoms with van der Waals surface area (Å²) in [5, 5.41) is 0. The molecule has 0 spiro atoms. The van der Waals surface area contributed by atoms with Crippen molar-refractivity contribution in [3.8, 4) is 0 Å². The van der Waals surface area contributed by atoms with Crippen molar-refractivity contribution in [3.05, 3.63) is 28.2 Å². The fourth-order valence-electron chi connectivity index (χ4n) is 2.01. The normalized spacial score (nSPS) is 21.5. The quantitative estimate of drug-likeness (QED) is 0.887. The molecule has 1 heterocycles. The molecule has 7 heteroatoms. The molecule has 1 unspecified atom stereocenters. The van der Waals surface area contributed by atoms with Gasteiger partial charge < -0.3 is 10.5 Å². The second kappa shape index (κ2) is 5.88. The molecule has 5 nitrogen and oxygen atoms in total. The molecule has 1 atom stereocenters. The average molecular weight is 349 g/mol. The number of aryl methyl sites for hydroxylation is 1. The first kappa shape index (κ1) is 14.9. The van der Waals surface area contributed by atoms with Gasteiger partial charge in [-0.3, -0.25) is 0 Å². The highest BCUT2D eigenvalue weighted by molar-refractivity contribution is 9.10. The van der Waals surface area contributed by atoms with Crippen molar-refractivity contribution in [2.75, 3.05) is 26.2 Å². The minimum absolute atomic E-state index is 0.229. The van der Waals surface area contributed by atoms with Gasteiger partial charge in [-0.15, -0.1) is 0 Å². The monoisotopic (exact) mass is 348 g/mol. The molecule has 0 amide bonds. The van der Waals surface area contributed by atoms with E-state index >= 15 is 0 Å². The fourth-order valence-corrected chi connectivity index (χ4v) is 4.62. The van der Waals surface area contributed by atoms with E-state index in [1.54, 1.807) is 18.2 Å². The topological polar surface area (TPSA) is 72.6 Å². The first-order valence-corrected chi connectivity index (χ1v) is 8.26. The van der Waals surface area contributed by atoms with Crippen LogP contribution in [0.5, 0.6) is 0 Å². The summed E-state index contributed by atoms with van der Waals surface area (Å²) >= 11 is 3.32. The molecular weight excluding hydrogens is 332 g/mol. The number of halogens is 1. The zero-order valence-corrected chi connectivity index (χ0v) is 13.1. The Balaban J connectivity index is 2.31. The highest BCUT2D eigenvalue weighted by Gasteiger charge is 2.31. The Morgan fingerprint density at radius 2 is 2.26 bits per heavy atom. The van der Waals surface area contributed by atoms with Gasteiger partial charge in [0, 0.05) is 24.1 Å². The van der Waals surface area contributed by atoms with Gasteiger partial charge in [0.2, 0.25) is 10.0 Å². The molecule has 1 aromatic rings. The Labute approximate surface area is 121 Å². The molecule has 1 aliphatic heterocycles. The standard InChI is InChI=1S/C12H17BrN2O3S/c1-9-2-3-12(11(13)6-9)19(16,17)15-4-5-18-10(7-14)8-15/h2-3,6,10H,4-5,7-8,14H2,1H3. The molecule has 1 aliphatic rings. The lowest BCUT2D eigenvalue weighted by Gasteiger charge is -2.31. The number of nitrogens with zero attached hydrogens (tertiary/aromatic N) is 1. The van der Waals surface area contributed by atoms with Crippen molar-refractivity contribution in [2.24, 2.45) is 5.73 Å². The molecule has 1 saturated heterocycles. The summed E-state index contributed by atoms with van der Waals surface area (Å²) in [7, 11) is -3.50. The second-order valence-electron chi connectivity index (χ2n) is 4.53. The third-order valence-electron chi connectivity index (χ3n) is 3.07. The maximum absolute atomic E-state index is 12.6. The van der Waals surface area contributed by atoms with Crippen LogP contribution in [0, 0.1) is 6.92 Å². The number of sulfonamides is 1. The summed E-state index contributed by atoms with van der Waals surface area (Å²) < 4.78 is 32.6. The van der Waals surface area contributed by atoms with Crippen LogP contribution in [0.25, 0.3) is 0 Å². The Hall–Kier alpha value is -0.470. The van der Waals surface area contributed by atoms with E-state index < -0.39 is 10.0 Å². The molecule has 0 bridgehead atoms. The van der Waals surface area contributed by atoms with Crippen LogP contribution in [0.2, 0.25) is 0 Å². The molecule has 0 radical (unpaired) electrons. The van der Waals surface area contributed by atoms with Crippen LogP contribution < -0.4 is 5.73 Å². The maximum Gasteiger partial charge on any atom is 0.244 e.